The Morgan fingerprint density at radius 3 is 2.32 bits per heavy atom. The van der Waals surface area contributed by atoms with Crippen molar-refractivity contribution in [2.75, 3.05) is 6.61 Å². The van der Waals surface area contributed by atoms with Gasteiger partial charge < -0.3 is 14.4 Å². The smallest absolute Gasteiger partial charge is 0.302 e. The number of benzene rings is 2. The van der Waals surface area contributed by atoms with E-state index in [2.05, 4.69) is 44.8 Å². The molecule has 1 N–H and O–H groups in total. The Morgan fingerprint density at radius 1 is 1.03 bits per heavy atom. The molecule has 0 aliphatic rings. The van der Waals surface area contributed by atoms with E-state index in [4.69, 9.17) is 4.74 Å². The Hall–Kier alpha value is -3.15. The first-order valence-electron chi connectivity index (χ1n) is 10.4. The molecule has 164 valence electrons. The van der Waals surface area contributed by atoms with Crippen molar-refractivity contribution < 1.29 is 14.6 Å². The van der Waals surface area contributed by atoms with Crippen molar-refractivity contribution in [3.8, 4) is 11.6 Å². The van der Waals surface area contributed by atoms with Crippen LogP contribution in [-0.2, 0) is 17.3 Å². The number of carbonyl (C=O) groups is 1. The molecule has 0 spiro atoms. The highest BCUT2D eigenvalue weighted by Gasteiger charge is 2.27. The van der Waals surface area contributed by atoms with Gasteiger partial charge in [0.1, 0.15) is 5.75 Å². The molecule has 1 amide bonds. The third-order valence-corrected chi connectivity index (χ3v) is 5.28. The highest BCUT2D eigenvalue weighted by molar-refractivity contribution is 5.95. The van der Waals surface area contributed by atoms with Crippen LogP contribution in [0.5, 0.6) is 11.6 Å². The third-order valence-electron chi connectivity index (χ3n) is 5.28. The lowest BCUT2D eigenvalue weighted by Gasteiger charge is -2.33. The highest BCUT2D eigenvalue weighted by Crippen LogP contribution is 2.38. The zero-order valence-corrected chi connectivity index (χ0v) is 19.1. The zero-order valence-electron chi connectivity index (χ0n) is 19.1. The fourth-order valence-electron chi connectivity index (χ4n) is 4.17. The molecule has 0 aliphatic heterocycles. The highest BCUT2D eigenvalue weighted by atomic mass is 16.5. The van der Waals surface area contributed by atoms with Gasteiger partial charge in [-0.2, -0.15) is 0 Å². The maximum atomic E-state index is 12.2. The van der Waals surface area contributed by atoms with E-state index in [0.717, 1.165) is 17.3 Å². The molecule has 0 saturated heterocycles. The maximum absolute atomic E-state index is 12.2. The number of ether oxygens (including phenoxy) is 1. The van der Waals surface area contributed by atoms with Gasteiger partial charge in [-0.15, -0.1) is 10.2 Å². The molecule has 3 aromatic rings. The summed E-state index contributed by atoms with van der Waals surface area (Å²) in [6, 6.07) is 15.2. The predicted octanol–water partition coefficient (Wildman–Crippen LogP) is 6.29. The molecule has 0 bridgehead atoms. The third kappa shape index (κ3) is 5.32. The maximum Gasteiger partial charge on any atom is 0.302 e. The number of aromatic nitrogens is 1. The van der Waals surface area contributed by atoms with Crippen LogP contribution in [0, 0.1) is 5.41 Å². The fraction of sp³-hybridized carbons (Fsp3) is 0.400. The van der Waals surface area contributed by atoms with Crippen molar-refractivity contribution >= 4 is 22.5 Å². The number of amides is 1. The topological polar surface area (TPSA) is 76.2 Å². The Kier molecular flexibility index (Phi) is 6.20. The molecule has 1 aromatic heterocycles. The molecular weight excluding hydrogens is 390 g/mol. The monoisotopic (exact) mass is 421 g/mol. The summed E-state index contributed by atoms with van der Waals surface area (Å²) in [7, 11) is 1.73. The van der Waals surface area contributed by atoms with Crippen molar-refractivity contribution in [1.82, 2.24) is 4.57 Å². The largest absolute Gasteiger partial charge is 0.493 e. The molecule has 31 heavy (non-hydrogen) atoms. The van der Waals surface area contributed by atoms with Crippen molar-refractivity contribution in [2.45, 2.75) is 46.5 Å². The summed E-state index contributed by atoms with van der Waals surface area (Å²) in [5, 5.41) is 18.7. The van der Waals surface area contributed by atoms with Gasteiger partial charge in [0.15, 0.2) is 12.3 Å². The fourth-order valence-corrected chi connectivity index (χ4v) is 4.17. The molecular formula is C25H31N3O3. The minimum atomic E-state index is -0.524. The number of fused-ring (bicyclic) bond motifs is 1. The first kappa shape index (κ1) is 22.5. The van der Waals surface area contributed by atoms with E-state index in [1.54, 1.807) is 11.6 Å². The summed E-state index contributed by atoms with van der Waals surface area (Å²) in [5.74, 6) is 0.0449. The number of para-hydroxylation sites is 1. The molecule has 3 rings (SSSR count). The van der Waals surface area contributed by atoms with Crippen LogP contribution in [0.25, 0.3) is 10.9 Å². The number of hydrogen-bond donors (Lipinski definition) is 1. The molecule has 0 atom stereocenters. The van der Waals surface area contributed by atoms with Gasteiger partial charge in [-0.1, -0.05) is 65.0 Å². The van der Waals surface area contributed by atoms with E-state index in [9.17, 15) is 9.90 Å². The molecule has 0 radical (unpaired) electrons. The number of carbonyl (C=O) groups excluding carboxylic acids is 1. The van der Waals surface area contributed by atoms with Crippen LogP contribution in [0.3, 0.4) is 0 Å². The molecule has 6 heteroatoms. The number of rotatable bonds is 6. The molecule has 0 fully saturated rings. The lowest BCUT2D eigenvalue weighted by Crippen LogP contribution is -2.24. The van der Waals surface area contributed by atoms with Gasteiger partial charge in [-0.25, -0.2) is 0 Å². The molecule has 0 unspecified atom stereocenters. The van der Waals surface area contributed by atoms with Gasteiger partial charge in [0.2, 0.25) is 5.88 Å². The van der Waals surface area contributed by atoms with Gasteiger partial charge in [-0.05, 0) is 41.0 Å². The average Bonchev–Trinajstić information content (AvgIpc) is 2.94. The zero-order chi connectivity index (χ0) is 22.8. The Labute approximate surface area is 183 Å². The van der Waals surface area contributed by atoms with E-state index < -0.39 is 5.91 Å². The number of aryl methyl sites for hydroxylation is 1. The van der Waals surface area contributed by atoms with Gasteiger partial charge in [0.05, 0.1) is 5.52 Å². The average molecular weight is 422 g/mol. The van der Waals surface area contributed by atoms with Crippen LogP contribution < -0.4 is 4.74 Å². The normalized spacial score (nSPS) is 12.6. The first-order chi connectivity index (χ1) is 14.5. The quantitative estimate of drug-likeness (QED) is 0.475. The lowest BCUT2D eigenvalue weighted by molar-refractivity contribution is -0.120. The molecule has 0 saturated carbocycles. The molecule has 2 aromatic carbocycles. The number of nitrogens with zero attached hydrogens (tertiary/aromatic N) is 3. The number of azo groups is 1. The van der Waals surface area contributed by atoms with E-state index in [1.165, 1.54) is 5.56 Å². The van der Waals surface area contributed by atoms with E-state index in [0.29, 0.717) is 5.75 Å². The second-order valence-corrected chi connectivity index (χ2v) is 9.78. The van der Waals surface area contributed by atoms with Crippen LogP contribution >= 0.6 is 0 Å². The van der Waals surface area contributed by atoms with Gasteiger partial charge in [0, 0.05) is 12.4 Å². The van der Waals surface area contributed by atoms with Gasteiger partial charge in [-0.3, -0.25) is 4.79 Å². The van der Waals surface area contributed by atoms with E-state index >= 15 is 0 Å². The van der Waals surface area contributed by atoms with Gasteiger partial charge >= 0.3 is 5.91 Å². The Bertz CT molecular complexity index is 1100. The number of aromatic hydroxyl groups is 1. The van der Waals surface area contributed by atoms with Crippen molar-refractivity contribution in [3.63, 3.8) is 0 Å². The summed E-state index contributed by atoms with van der Waals surface area (Å²) in [5.41, 5.74) is 2.59. The molecule has 6 nitrogen and oxygen atoms in total. The van der Waals surface area contributed by atoms with E-state index in [1.807, 2.05) is 48.5 Å². The standard InChI is InChI=1S/C25H31N3O3/c1-24(2,3)16-25(4,5)17-11-13-18(14-12-17)31-15-21(29)26-27-22-19-9-7-8-10-20(19)28(6)23(22)30/h7-14,30H,15-16H2,1-6H3. The molecule has 1 heterocycles. The lowest BCUT2D eigenvalue weighted by atomic mass is 9.72. The second kappa shape index (κ2) is 8.53. The summed E-state index contributed by atoms with van der Waals surface area (Å²) in [6.45, 7) is 11.0. The Balaban J connectivity index is 1.64. The van der Waals surface area contributed by atoms with Crippen LogP contribution in [-0.4, -0.2) is 22.2 Å². The minimum absolute atomic E-state index is 0.0351. The summed E-state index contributed by atoms with van der Waals surface area (Å²) in [6.07, 6.45) is 1.06. The first-order valence-corrected chi connectivity index (χ1v) is 10.4. The van der Waals surface area contributed by atoms with Crippen LogP contribution in [0.2, 0.25) is 0 Å². The van der Waals surface area contributed by atoms with E-state index in [-0.39, 0.29) is 29.0 Å². The summed E-state index contributed by atoms with van der Waals surface area (Å²) >= 11 is 0. The predicted molar refractivity (Wildman–Crippen MR) is 123 cm³/mol. The minimum Gasteiger partial charge on any atom is -0.493 e. The van der Waals surface area contributed by atoms with Gasteiger partial charge in [0.25, 0.3) is 0 Å². The second-order valence-electron chi connectivity index (χ2n) is 9.78. The van der Waals surface area contributed by atoms with Crippen molar-refractivity contribution in [2.24, 2.45) is 22.7 Å². The summed E-state index contributed by atoms with van der Waals surface area (Å²) in [4.78, 5) is 12.2. The van der Waals surface area contributed by atoms with Crippen LogP contribution in [0.1, 0.15) is 46.6 Å². The van der Waals surface area contributed by atoms with Crippen molar-refractivity contribution in [3.05, 3.63) is 54.1 Å². The van der Waals surface area contributed by atoms with Crippen LogP contribution in [0.15, 0.2) is 58.8 Å². The summed E-state index contributed by atoms with van der Waals surface area (Å²) < 4.78 is 7.18. The number of hydrogen-bond acceptors (Lipinski definition) is 4. The van der Waals surface area contributed by atoms with Crippen LogP contribution in [0.4, 0.5) is 5.69 Å². The molecule has 0 aliphatic carbocycles. The Morgan fingerprint density at radius 2 is 1.68 bits per heavy atom. The SMILES string of the molecule is Cn1c(O)c(N=NC(=O)COc2ccc(C(C)(C)CC(C)(C)C)cc2)c2ccccc21. The van der Waals surface area contributed by atoms with Crippen molar-refractivity contribution in [1.29, 1.82) is 0 Å².